The smallest absolute Gasteiger partial charge is 0.306 e. The minimum absolute atomic E-state index is 0.213. The van der Waals surface area contributed by atoms with Gasteiger partial charge in [0, 0.05) is 4.47 Å². The van der Waals surface area contributed by atoms with Gasteiger partial charge >= 0.3 is 5.97 Å². The van der Waals surface area contributed by atoms with Crippen LogP contribution >= 0.6 is 15.9 Å². The number of hydrogen-bond acceptors (Lipinski definition) is 2. The van der Waals surface area contributed by atoms with Crippen LogP contribution < -0.4 is 4.74 Å². The number of carboxylic acid groups (broad SMARTS) is 1. The first kappa shape index (κ1) is 16.3. The van der Waals surface area contributed by atoms with E-state index < -0.39 is 5.97 Å². The van der Waals surface area contributed by atoms with Gasteiger partial charge in [-0.25, -0.2) is 0 Å². The van der Waals surface area contributed by atoms with E-state index in [1.807, 2.05) is 18.2 Å². The summed E-state index contributed by atoms with van der Waals surface area (Å²) >= 11 is 3.57. The number of hydrogen-bond donors (Lipinski definition) is 1. The largest absolute Gasteiger partial charge is 0.497 e. The molecule has 4 heteroatoms. The second-order valence-electron chi connectivity index (χ2n) is 5.95. The molecule has 1 saturated carbocycles. The average molecular weight is 355 g/mol. The first-order chi connectivity index (χ1) is 10.0. The molecule has 3 nitrogen and oxygen atoms in total. The predicted molar refractivity (Wildman–Crippen MR) is 86.6 cm³/mol. The van der Waals surface area contributed by atoms with E-state index >= 15 is 0 Å². The third kappa shape index (κ3) is 4.00. The highest BCUT2D eigenvalue weighted by Crippen LogP contribution is 2.39. The van der Waals surface area contributed by atoms with Gasteiger partial charge in [-0.3, -0.25) is 4.79 Å². The minimum Gasteiger partial charge on any atom is -0.497 e. The van der Waals surface area contributed by atoms with Crippen molar-refractivity contribution in [3.63, 3.8) is 0 Å². The fourth-order valence-corrected chi connectivity index (χ4v) is 3.81. The molecule has 1 aliphatic rings. The van der Waals surface area contributed by atoms with Gasteiger partial charge in [0.15, 0.2) is 0 Å². The summed E-state index contributed by atoms with van der Waals surface area (Å²) in [5, 5.41) is 9.48. The Morgan fingerprint density at radius 3 is 2.81 bits per heavy atom. The quantitative estimate of drug-likeness (QED) is 0.844. The van der Waals surface area contributed by atoms with Gasteiger partial charge in [-0.15, -0.1) is 0 Å². The highest BCUT2D eigenvalue weighted by molar-refractivity contribution is 9.10. The van der Waals surface area contributed by atoms with Crippen LogP contribution in [0.5, 0.6) is 5.75 Å². The summed E-state index contributed by atoms with van der Waals surface area (Å²) in [5.41, 5.74) is 1.14. The SMILES string of the molecule is CCC1CCC(C(=O)O)C(Cc2cc(OC)ccc2Br)C1. The predicted octanol–water partition coefficient (Wildman–Crippen LogP) is 4.53. The molecule has 3 unspecified atom stereocenters. The zero-order chi connectivity index (χ0) is 15.4. The van der Waals surface area contributed by atoms with E-state index in [1.165, 1.54) is 0 Å². The van der Waals surface area contributed by atoms with Crippen LogP contribution in [0.3, 0.4) is 0 Å². The van der Waals surface area contributed by atoms with E-state index in [4.69, 9.17) is 4.74 Å². The van der Waals surface area contributed by atoms with Crippen molar-refractivity contribution in [1.29, 1.82) is 0 Å². The second kappa shape index (κ2) is 7.30. The third-order valence-electron chi connectivity index (χ3n) is 4.72. The Kier molecular flexibility index (Phi) is 5.68. The van der Waals surface area contributed by atoms with Crippen LogP contribution in [0.2, 0.25) is 0 Å². The molecule has 0 saturated heterocycles. The van der Waals surface area contributed by atoms with Gasteiger partial charge < -0.3 is 9.84 Å². The van der Waals surface area contributed by atoms with Gasteiger partial charge in [0.2, 0.25) is 0 Å². The maximum Gasteiger partial charge on any atom is 0.306 e. The molecule has 1 aromatic rings. The Morgan fingerprint density at radius 2 is 2.19 bits per heavy atom. The third-order valence-corrected chi connectivity index (χ3v) is 5.49. The van der Waals surface area contributed by atoms with Crippen molar-refractivity contribution < 1.29 is 14.6 Å². The van der Waals surface area contributed by atoms with Gasteiger partial charge in [-0.1, -0.05) is 29.3 Å². The summed E-state index contributed by atoms with van der Waals surface area (Å²) in [6.45, 7) is 2.20. The highest BCUT2D eigenvalue weighted by atomic mass is 79.9. The average Bonchev–Trinajstić information content (AvgIpc) is 2.49. The monoisotopic (exact) mass is 354 g/mol. The Bertz CT molecular complexity index is 501. The molecule has 0 heterocycles. The van der Waals surface area contributed by atoms with E-state index in [-0.39, 0.29) is 11.8 Å². The lowest BCUT2D eigenvalue weighted by Crippen LogP contribution is -2.32. The summed E-state index contributed by atoms with van der Waals surface area (Å²) in [5.74, 6) is 0.835. The standard InChI is InChI=1S/C17H23BrO3/c1-3-11-4-6-15(17(19)20)12(8-11)9-13-10-14(21-2)5-7-16(13)18/h5,7,10-12,15H,3-4,6,8-9H2,1-2H3,(H,19,20). The molecule has 0 amide bonds. The van der Waals surface area contributed by atoms with Crippen molar-refractivity contribution in [3.05, 3.63) is 28.2 Å². The summed E-state index contributed by atoms with van der Waals surface area (Å²) in [7, 11) is 1.65. The van der Waals surface area contributed by atoms with Crippen LogP contribution in [-0.2, 0) is 11.2 Å². The molecule has 21 heavy (non-hydrogen) atoms. The highest BCUT2D eigenvalue weighted by Gasteiger charge is 2.34. The summed E-state index contributed by atoms with van der Waals surface area (Å²) in [6.07, 6.45) is 4.80. The van der Waals surface area contributed by atoms with Crippen molar-refractivity contribution in [2.45, 2.75) is 39.0 Å². The lowest BCUT2D eigenvalue weighted by atomic mass is 9.71. The van der Waals surface area contributed by atoms with Gasteiger partial charge in [0.05, 0.1) is 13.0 Å². The molecular formula is C17H23BrO3. The van der Waals surface area contributed by atoms with E-state index in [0.29, 0.717) is 5.92 Å². The number of carboxylic acids is 1. The number of halogens is 1. The first-order valence-electron chi connectivity index (χ1n) is 7.60. The van der Waals surface area contributed by atoms with Gasteiger partial charge in [-0.2, -0.15) is 0 Å². The van der Waals surface area contributed by atoms with Gasteiger partial charge in [-0.05, 0) is 61.3 Å². The fraction of sp³-hybridized carbons (Fsp3) is 0.588. The summed E-state index contributed by atoms with van der Waals surface area (Å²) in [6, 6.07) is 5.90. The number of rotatable bonds is 5. The van der Waals surface area contributed by atoms with E-state index in [9.17, 15) is 9.90 Å². The van der Waals surface area contributed by atoms with Crippen LogP contribution in [0.25, 0.3) is 0 Å². The number of carbonyl (C=O) groups is 1. The number of benzene rings is 1. The molecule has 0 aromatic heterocycles. The topological polar surface area (TPSA) is 46.5 Å². The summed E-state index contributed by atoms with van der Waals surface area (Å²) < 4.78 is 6.31. The maximum absolute atomic E-state index is 11.5. The minimum atomic E-state index is -0.645. The molecule has 1 aromatic carbocycles. The molecular weight excluding hydrogens is 332 g/mol. The van der Waals surface area contributed by atoms with Gasteiger partial charge in [0.25, 0.3) is 0 Å². The van der Waals surface area contributed by atoms with Crippen LogP contribution in [0.15, 0.2) is 22.7 Å². The molecule has 0 bridgehead atoms. The molecule has 2 rings (SSSR count). The maximum atomic E-state index is 11.5. The van der Waals surface area contributed by atoms with E-state index in [1.54, 1.807) is 7.11 Å². The van der Waals surface area contributed by atoms with Crippen LogP contribution in [-0.4, -0.2) is 18.2 Å². The number of aliphatic carboxylic acids is 1. The van der Waals surface area contributed by atoms with Crippen LogP contribution in [0.1, 0.15) is 38.2 Å². The van der Waals surface area contributed by atoms with Crippen LogP contribution in [0, 0.1) is 17.8 Å². The molecule has 3 atom stereocenters. The Hall–Kier alpha value is -1.03. The molecule has 1 aliphatic carbocycles. The van der Waals surface area contributed by atoms with Crippen molar-refractivity contribution in [1.82, 2.24) is 0 Å². The van der Waals surface area contributed by atoms with E-state index in [2.05, 4.69) is 22.9 Å². The van der Waals surface area contributed by atoms with Crippen molar-refractivity contribution in [2.24, 2.45) is 17.8 Å². The van der Waals surface area contributed by atoms with Crippen molar-refractivity contribution in [3.8, 4) is 5.75 Å². The first-order valence-corrected chi connectivity index (χ1v) is 8.39. The van der Waals surface area contributed by atoms with Crippen molar-refractivity contribution >= 4 is 21.9 Å². The molecule has 0 aliphatic heterocycles. The molecule has 116 valence electrons. The normalized spacial score (nSPS) is 25.6. The lowest BCUT2D eigenvalue weighted by molar-refractivity contribution is -0.145. The fourth-order valence-electron chi connectivity index (χ4n) is 3.40. The lowest BCUT2D eigenvalue weighted by Gasteiger charge is -2.34. The second-order valence-corrected chi connectivity index (χ2v) is 6.81. The summed E-state index contributed by atoms with van der Waals surface area (Å²) in [4.78, 5) is 11.5. The Morgan fingerprint density at radius 1 is 1.43 bits per heavy atom. The van der Waals surface area contributed by atoms with E-state index in [0.717, 1.165) is 47.9 Å². The zero-order valence-corrected chi connectivity index (χ0v) is 14.2. The molecule has 0 radical (unpaired) electrons. The Labute approximate surface area is 134 Å². The van der Waals surface area contributed by atoms with Crippen molar-refractivity contribution in [2.75, 3.05) is 7.11 Å². The van der Waals surface area contributed by atoms with Crippen LogP contribution in [0.4, 0.5) is 0 Å². The molecule has 0 spiro atoms. The zero-order valence-electron chi connectivity index (χ0n) is 12.6. The molecule has 1 fully saturated rings. The number of ether oxygens (including phenoxy) is 1. The Balaban J connectivity index is 2.19. The van der Waals surface area contributed by atoms with Gasteiger partial charge in [0.1, 0.15) is 5.75 Å². The number of methoxy groups -OCH3 is 1. The molecule has 1 N–H and O–H groups in total.